The maximum Gasteiger partial charge on any atom is 0.287 e. The summed E-state index contributed by atoms with van der Waals surface area (Å²) in [5.41, 5.74) is 2.03. The van der Waals surface area contributed by atoms with Crippen molar-refractivity contribution in [2.45, 2.75) is 6.42 Å². The van der Waals surface area contributed by atoms with Gasteiger partial charge in [0.1, 0.15) is 5.76 Å². The lowest BCUT2D eigenvalue weighted by Crippen LogP contribution is -2.25. The first-order valence-electron chi connectivity index (χ1n) is 7.40. The number of hydrogen-bond donors (Lipinski definition) is 1. The fraction of sp³-hybridized carbons (Fsp3) is 0.105. The van der Waals surface area contributed by atoms with Gasteiger partial charge in [0, 0.05) is 17.1 Å². The molecular formula is C19H16ClNO2. The molecule has 23 heavy (non-hydrogen) atoms. The van der Waals surface area contributed by atoms with Crippen LogP contribution >= 0.6 is 11.6 Å². The van der Waals surface area contributed by atoms with Crippen LogP contribution in [0.3, 0.4) is 0 Å². The minimum Gasteiger partial charge on any atom is -0.451 e. The number of carbonyl (C=O) groups excluding carboxylic acids is 1. The Morgan fingerprint density at radius 3 is 2.61 bits per heavy atom. The first kappa shape index (κ1) is 15.4. The zero-order valence-corrected chi connectivity index (χ0v) is 13.2. The number of nitrogens with one attached hydrogen (secondary N) is 1. The van der Waals surface area contributed by atoms with Gasteiger partial charge in [-0.1, -0.05) is 54.1 Å². The molecule has 0 aliphatic carbocycles. The second kappa shape index (κ2) is 7.16. The molecule has 116 valence electrons. The molecule has 0 spiro atoms. The van der Waals surface area contributed by atoms with Gasteiger partial charge >= 0.3 is 0 Å². The van der Waals surface area contributed by atoms with E-state index in [1.54, 1.807) is 24.3 Å². The minimum atomic E-state index is -0.214. The van der Waals surface area contributed by atoms with Crippen LogP contribution in [0.5, 0.6) is 0 Å². The Morgan fingerprint density at radius 2 is 1.83 bits per heavy atom. The number of amides is 1. The molecule has 3 rings (SSSR count). The van der Waals surface area contributed by atoms with E-state index in [0.717, 1.165) is 12.0 Å². The van der Waals surface area contributed by atoms with Crippen molar-refractivity contribution < 1.29 is 9.21 Å². The van der Waals surface area contributed by atoms with E-state index in [9.17, 15) is 4.79 Å². The first-order chi connectivity index (χ1) is 11.2. The summed E-state index contributed by atoms with van der Waals surface area (Å²) in [6.07, 6.45) is 0.786. The number of carbonyl (C=O) groups is 1. The Kier molecular flexibility index (Phi) is 4.79. The van der Waals surface area contributed by atoms with Crippen LogP contribution in [0.15, 0.2) is 71.1 Å². The van der Waals surface area contributed by atoms with Crippen molar-refractivity contribution in [1.29, 1.82) is 0 Å². The molecule has 0 bridgehead atoms. The molecular weight excluding hydrogens is 310 g/mol. The molecule has 2 aromatic carbocycles. The first-order valence-corrected chi connectivity index (χ1v) is 7.78. The van der Waals surface area contributed by atoms with Gasteiger partial charge in [-0.3, -0.25) is 4.79 Å². The van der Waals surface area contributed by atoms with Gasteiger partial charge < -0.3 is 9.73 Å². The van der Waals surface area contributed by atoms with E-state index in [-0.39, 0.29) is 5.91 Å². The van der Waals surface area contributed by atoms with E-state index in [1.165, 1.54) is 5.56 Å². The lowest BCUT2D eigenvalue weighted by Gasteiger charge is -2.03. The van der Waals surface area contributed by atoms with E-state index < -0.39 is 0 Å². The van der Waals surface area contributed by atoms with Crippen molar-refractivity contribution in [3.05, 3.63) is 83.1 Å². The van der Waals surface area contributed by atoms with Gasteiger partial charge in [0.25, 0.3) is 5.91 Å². The summed E-state index contributed by atoms with van der Waals surface area (Å²) in [5, 5.41) is 3.50. The molecule has 0 radical (unpaired) electrons. The third kappa shape index (κ3) is 4.02. The lowest BCUT2D eigenvalue weighted by molar-refractivity contribution is 0.0927. The van der Waals surface area contributed by atoms with E-state index in [4.69, 9.17) is 16.0 Å². The van der Waals surface area contributed by atoms with Crippen molar-refractivity contribution in [3.63, 3.8) is 0 Å². The predicted molar refractivity (Wildman–Crippen MR) is 91.6 cm³/mol. The maximum absolute atomic E-state index is 12.1. The zero-order valence-electron chi connectivity index (χ0n) is 12.5. The molecule has 0 fully saturated rings. The van der Waals surface area contributed by atoms with Gasteiger partial charge in [-0.2, -0.15) is 0 Å². The highest BCUT2D eigenvalue weighted by Gasteiger charge is 2.12. The van der Waals surface area contributed by atoms with Crippen molar-refractivity contribution in [2.75, 3.05) is 6.54 Å². The van der Waals surface area contributed by atoms with Crippen molar-refractivity contribution in [1.82, 2.24) is 5.32 Å². The maximum atomic E-state index is 12.1. The highest BCUT2D eigenvalue weighted by atomic mass is 35.5. The highest BCUT2D eigenvalue weighted by molar-refractivity contribution is 6.30. The number of benzene rings is 2. The number of rotatable bonds is 5. The normalized spacial score (nSPS) is 10.5. The van der Waals surface area contributed by atoms with E-state index in [0.29, 0.717) is 23.1 Å². The number of halogens is 1. The van der Waals surface area contributed by atoms with Crippen LogP contribution in [0.25, 0.3) is 11.3 Å². The summed E-state index contributed by atoms with van der Waals surface area (Å²) >= 11 is 5.97. The predicted octanol–water partition coefficient (Wildman–Crippen LogP) is 4.57. The average Bonchev–Trinajstić information content (AvgIpc) is 3.06. The third-order valence-electron chi connectivity index (χ3n) is 3.48. The molecule has 1 amide bonds. The van der Waals surface area contributed by atoms with Crippen LogP contribution in [0.4, 0.5) is 0 Å². The molecule has 3 nitrogen and oxygen atoms in total. The van der Waals surface area contributed by atoms with Gasteiger partial charge in [0.2, 0.25) is 0 Å². The zero-order chi connectivity index (χ0) is 16.1. The molecule has 4 heteroatoms. The van der Waals surface area contributed by atoms with Gasteiger partial charge in [-0.05, 0) is 36.2 Å². The van der Waals surface area contributed by atoms with Gasteiger partial charge in [0.05, 0.1) is 0 Å². The quantitative estimate of drug-likeness (QED) is 0.746. The minimum absolute atomic E-state index is 0.214. The largest absolute Gasteiger partial charge is 0.451 e. The molecule has 0 atom stereocenters. The fourth-order valence-corrected chi connectivity index (χ4v) is 2.50. The van der Waals surface area contributed by atoms with Crippen molar-refractivity contribution >= 4 is 17.5 Å². The van der Waals surface area contributed by atoms with Crippen molar-refractivity contribution in [3.8, 4) is 11.3 Å². The Bertz CT molecular complexity index is 796. The van der Waals surface area contributed by atoms with E-state index in [2.05, 4.69) is 5.32 Å². The molecule has 0 aliphatic heterocycles. The monoisotopic (exact) mass is 325 g/mol. The molecule has 1 N–H and O–H groups in total. The number of hydrogen-bond acceptors (Lipinski definition) is 2. The van der Waals surface area contributed by atoms with Crippen LogP contribution in [0.1, 0.15) is 16.1 Å². The SMILES string of the molecule is O=C(NCCc1ccccc1)c1ccc(-c2cccc(Cl)c2)o1. The average molecular weight is 326 g/mol. The molecule has 0 aliphatic rings. The summed E-state index contributed by atoms with van der Waals surface area (Å²) in [6.45, 7) is 0.566. The summed E-state index contributed by atoms with van der Waals surface area (Å²) < 4.78 is 5.62. The second-order valence-corrected chi connectivity index (χ2v) is 5.60. The van der Waals surface area contributed by atoms with Crippen LogP contribution in [-0.4, -0.2) is 12.5 Å². The second-order valence-electron chi connectivity index (χ2n) is 5.17. The van der Waals surface area contributed by atoms with Gasteiger partial charge in [-0.15, -0.1) is 0 Å². The highest BCUT2D eigenvalue weighted by Crippen LogP contribution is 2.24. The van der Waals surface area contributed by atoms with Crippen LogP contribution in [-0.2, 0) is 6.42 Å². The van der Waals surface area contributed by atoms with E-state index >= 15 is 0 Å². The van der Waals surface area contributed by atoms with E-state index in [1.807, 2.05) is 42.5 Å². The topological polar surface area (TPSA) is 42.2 Å². The summed E-state index contributed by atoms with van der Waals surface area (Å²) in [5.74, 6) is 0.711. The number of furan rings is 1. The molecule has 0 saturated carbocycles. The van der Waals surface area contributed by atoms with Gasteiger partial charge in [0.15, 0.2) is 5.76 Å². The van der Waals surface area contributed by atoms with Crippen LogP contribution in [0.2, 0.25) is 5.02 Å². The standard InChI is InChI=1S/C19H16ClNO2/c20-16-8-4-7-15(13-16)17-9-10-18(23-17)19(22)21-12-11-14-5-2-1-3-6-14/h1-10,13H,11-12H2,(H,21,22). The molecule has 0 unspecified atom stereocenters. The fourth-order valence-electron chi connectivity index (χ4n) is 2.31. The summed E-state index contributed by atoms with van der Waals surface area (Å²) in [6, 6.07) is 20.8. The Labute approximate surface area is 139 Å². The Morgan fingerprint density at radius 1 is 1.00 bits per heavy atom. The van der Waals surface area contributed by atoms with Gasteiger partial charge in [-0.25, -0.2) is 0 Å². The molecule has 3 aromatic rings. The van der Waals surface area contributed by atoms with Crippen LogP contribution in [0, 0.1) is 0 Å². The Hall–Kier alpha value is -2.52. The molecule has 1 aromatic heterocycles. The molecule has 0 saturated heterocycles. The molecule has 1 heterocycles. The summed E-state index contributed by atoms with van der Waals surface area (Å²) in [7, 11) is 0. The third-order valence-corrected chi connectivity index (χ3v) is 3.72. The lowest BCUT2D eigenvalue weighted by atomic mass is 10.1. The Balaban J connectivity index is 1.60. The smallest absolute Gasteiger partial charge is 0.287 e. The van der Waals surface area contributed by atoms with Crippen LogP contribution < -0.4 is 5.32 Å². The van der Waals surface area contributed by atoms with Crippen molar-refractivity contribution in [2.24, 2.45) is 0 Å². The summed E-state index contributed by atoms with van der Waals surface area (Å²) in [4.78, 5) is 12.1.